The van der Waals surface area contributed by atoms with Crippen LogP contribution in [0.3, 0.4) is 0 Å². The summed E-state index contributed by atoms with van der Waals surface area (Å²) in [6.07, 6.45) is 0. The van der Waals surface area contributed by atoms with Gasteiger partial charge < -0.3 is 10.5 Å². The lowest BCUT2D eigenvalue weighted by Gasteiger charge is -2.20. The summed E-state index contributed by atoms with van der Waals surface area (Å²) in [7, 11) is 1.64. The van der Waals surface area contributed by atoms with Gasteiger partial charge in [0.15, 0.2) is 0 Å². The topological polar surface area (TPSA) is 64.3 Å². The Morgan fingerprint density at radius 2 is 2.06 bits per heavy atom. The minimum absolute atomic E-state index is 0.00681. The van der Waals surface area contributed by atoms with Gasteiger partial charge in [-0.2, -0.15) is 0 Å². The van der Waals surface area contributed by atoms with E-state index in [0.717, 1.165) is 16.9 Å². The molecule has 2 unspecified atom stereocenters. The Morgan fingerprint density at radius 1 is 1.41 bits per heavy atom. The summed E-state index contributed by atoms with van der Waals surface area (Å²) >= 11 is 0. The number of benzene rings is 1. The van der Waals surface area contributed by atoms with Crippen LogP contribution >= 0.6 is 0 Å². The molecule has 94 valence electrons. The molecule has 4 nitrogen and oxygen atoms in total. The number of nitrogens with two attached hydrogens (primary N) is 1. The number of methoxy groups -OCH3 is 1. The fraction of sp³-hybridized carbons (Fsp3) is 0.462. The monoisotopic (exact) mass is 236 g/mol. The van der Waals surface area contributed by atoms with E-state index in [1.165, 1.54) is 0 Å². The van der Waals surface area contributed by atoms with Gasteiger partial charge >= 0.3 is 0 Å². The van der Waals surface area contributed by atoms with Gasteiger partial charge in [-0.25, -0.2) is 0 Å². The number of nitrogens with one attached hydrogen (secondary N) is 1. The van der Waals surface area contributed by atoms with Crippen molar-refractivity contribution in [1.82, 2.24) is 5.32 Å². The lowest BCUT2D eigenvalue weighted by molar-refractivity contribution is -0.119. The van der Waals surface area contributed by atoms with Gasteiger partial charge in [0.25, 0.3) is 0 Å². The molecule has 1 rings (SSSR count). The quantitative estimate of drug-likeness (QED) is 0.814. The SMILES string of the molecule is COc1ccc(C)cc1C(C)NC(C)C(N)=O. The standard InChI is InChI=1S/C13H20N2O2/c1-8-5-6-12(17-4)11(7-8)9(2)15-10(3)13(14)16/h5-7,9-10,15H,1-4H3,(H2,14,16). The van der Waals surface area contributed by atoms with Crippen molar-refractivity contribution in [2.24, 2.45) is 5.73 Å². The minimum atomic E-state index is -0.366. The lowest BCUT2D eigenvalue weighted by Crippen LogP contribution is -2.40. The minimum Gasteiger partial charge on any atom is -0.496 e. The number of rotatable bonds is 5. The van der Waals surface area contributed by atoms with Crippen molar-refractivity contribution in [3.63, 3.8) is 0 Å². The molecule has 0 saturated carbocycles. The number of carbonyl (C=O) groups is 1. The van der Waals surface area contributed by atoms with Crippen molar-refractivity contribution in [2.75, 3.05) is 7.11 Å². The predicted octanol–water partition coefficient (Wildman–Crippen LogP) is 1.53. The highest BCUT2D eigenvalue weighted by Gasteiger charge is 2.16. The first kappa shape index (κ1) is 13.5. The predicted molar refractivity (Wildman–Crippen MR) is 67.9 cm³/mol. The van der Waals surface area contributed by atoms with Gasteiger partial charge in [-0.3, -0.25) is 10.1 Å². The molecule has 0 fully saturated rings. The van der Waals surface area contributed by atoms with Gasteiger partial charge in [-0.15, -0.1) is 0 Å². The van der Waals surface area contributed by atoms with E-state index in [2.05, 4.69) is 5.32 Å². The number of primary amides is 1. The second-order valence-electron chi connectivity index (χ2n) is 4.26. The first-order valence-electron chi connectivity index (χ1n) is 5.65. The average Bonchev–Trinajstić information content (AvgIpc) is 2.28. The van der Waals surface area contributed by atoms with Crippen molar-refractivity contribution in [3.05, 3.63) is 29.3 Å². The van der Waals surface area contributed by atoms with Crippen LogP contribution in [0, 0.1) is 6.92 Å². The summed E-state index contributed by atoms with van der Waals surface area (Å²) in [4.78, 5) is 11.0. The molecule has 0 aliphatic heterocycles. The highest BCUT2D eigenvalue weighted by atomic mass is 16.5. The van der Waals surface area contributed by atoms with E-state index in [1.54, 1.807) is 14.0 Å². The molecule has 17 heavy (non-hydrogen) atoms. The normalized spacial score (nSPS) is 14.1. The van der Waals surface area contributed by atoms with Gasteiger partial charge in [-0.05, 0) is 26.8 Å². The molecule has 0 bridgehead atoms. The van der Waals surface area contributed by atoms with Crippen LogP contribution in [0.1, 0.15) is 31.0 Å². The highest BCUT2D eigenvalue weighted by Crippen LogP contribution is 2.26. The zero-order chi connectivity index (χ0) is 13.0. The average molecular weight is 236 g/mol. The maximum atomic E-state index is 11.0. The van der Waals surface area contributed by atoms with Gasteiger partial charge in [0, 0.05) is 11.6 Å². The third-order valence-electron chi connectivity index (χ3n) is 2.78. The van der Waals surface area contributed by atoms with Crippen LogP contribution in [-0.2, 0) is 4.79 Å². The molecule has 0 spiro atoms. The van der Waals surface area contributed by atoms with Crippen LogP contribution in [0.25, 0.3) is 0 Å². The van der Waals surface area contributed by atoms with Crippen molar-refractivity contribution < 1.29 is 9.53 Å². The molecule has 0 aliphatic rings. The summed E-state index contributed by atoms with van der Waals surface area (Å²) in [6, 6.07) is 5.61. The lowest BCUT2D eigenvalue weighted by atomic mass is 10.0. The van der Waals surface area contributed by atoms with Gasteiger partial charge in [0.2, 0.25) is 5.91 Å². The number of hydrogen-bond donors (Lipinski definition) is 2. The Hall–Kier alpha value is -1.55. The molecule has 0 heterocycles. The van der Waals surface area contributed by atoms with Gasteiger partial charge in [0.05, 0.1) is 13.2 Å². The maximum Gasteiger partial charge on any atom is 0.234 e. The molecule has 2 atom stereocenters. The third kappa shape index (κ3) is 3.46. The first-order valence-corrected chi connectivity index (χ1v) is 5.65. The molecule has 4 heteroatoms. The summed E-state index contributed by atoms with van der Waals surface area (Å²) in [6.45, 7) is 5.75. The van der Waals surface area contributed by atoms with Crippen molar-refractivity contribution >= 4 is 5.91 Å². The van der Waals surface area contributed by atoms with Gasteiger partial charge in [-0.1, -0.05) is 17.7 Å². The van der Waals surface area contributed by atoms with Crippen molar-refractivity contribution in [1.29, 1.82) is 0 Å². The van der Waals surface area contributed by atoms with E-state index in [0.29, 0.717) is 0 Å². The van der Waals surface area contributed by atoms with E-state index < -0.39 is 0 Å². The Labute approximate surface area is 102 Å². The van der Waals surface area contributed by atoms with E-state index in [-0.39, 0.29) is 18.0 Å². The van der Waals surface area contributed by atoms with Crippen LogP contribution in [-0.4, -0.2) is 19.1 Å². The molecule has 3 N–H and O–H groups in total. The summed E-state index contributed by atoms with van der Waals surface area (Å²) in [5.41, 5.74) is 7.41. The largest absolute Gasteiger partial charge is 0.496 e. The molecular formula is C13H20N2O2. The summed E-state index contributed by atoms with van der Waals surface area (Å²) in [5, 5.41) is 3.14. The zero-order valence-electron chi connectivity index (χ0n) is 10.8. The highest BCUT2D eigenvalue weighted by molar-refractivity contribution is 5.79. The van der Waals surface area contributed by atoms with Crippen LogP contribution in [0.4, 0.5) is 0 Å². The van der Waals surface area contributed by atoms with E-state index in [9.17, 15) is 4.79 Å². The van der Waals surface area contributed by atoms with Crippen LogP contribution in [0.15, 0.2) is 18.2 Å². The third-order valence-corrected chi connectivity index (χ3v) is 2.78. The Kier molecular flexibility index (Phi) is 4.52. The second-order valence-corrected chi connectivity index (χ2v) is 4.26. The smallest absolute Gasteiger partial charge is 0.234 e. The van der Waals surface area contributed by atoms with Crippen LogP contribution in [0.5, 0.6) is 5.75 Å². The fourth-order valence-corrected chi connectivity index (χ4v) is 1.74. The molecule has 1 aromatic carbocycles. The molecule has 0 radical (unpaired) electrons. The Bertz CT molecular complexity index is 404. The van der Waals surface area contributed by atoms with Crippen molar-refractivity contribution in [3.8, 4) is 5.75 Å². The number of hydrogen-bond acceptors (Lipinski definition) is 3. The van der Waals surface area contributed by atoms with E-state index in [4.69, 9.17) is 10.5 Å². The Balaban J connectivity index is 2.90. The van der Waals surface area contributed by atoms with Crippen molar-refractivity contribution in [2.45, 2.75) is 32.9 Å². The number of carbonyl (C=O) groups excluding carboxylic acids is 1. The maximum absolute atomic E-state index is 11.0. The van der Waals surface area contributed by atoms with Crippen LogP contribution in [0.2, 0.25) is 0 Å². The van der Waals surface area contributed by atoms with Gasteiger partial charge in [0.1, 0.15) is 5.75 Å². The molecule has 1 amide bonds. The van der Waals surface area contributed by atoms with E-state index >= 15 is 0 Å². The molecule has 0 aromatic heterocycles. The molecule has 0 aliphatic carbocycles. The van der Waals surface area contributed by atoms with Crippen LogP contribution < -0.4 is 15.8 Å². The van der Waals surface area contributed by atoms with E-state index in [1.807, 2.05) is 32.0 Å². The Morgan fingerprint density at radius 3 is 2.59 bits per heavy atom. The first-order chi connectivity index (χ1) is 7.95. The molecular weight excluding hydrogens is 216 g/mol. The molecule has 0 saturated heterocycles. The molecule has 1 aromatic rings. The zero-order valence-corrected chi connectivity index (χ0v) is 10.8. The number of ether oxygens (including phenoxy) is 1. The fourth-order valence-electron chi connectivity index (χ4n) is 1.74. The summed E-state index contributed by atoms with van der Waals surface area (Å²) in [5.74, 6) is 0.454. The summed E-state index contributed by atoms with van der Waals surface area (Å²) < 4.78 is 5.31. The number of aryl methyl sites for hydroxylation is 1. The second kappa shape index (κ2) is 5.68. The number of amides is 1.